The van der Waals surface area contributed by atoms with Crippen LogP contribution in [-0.2, 0) is 4.79 Å². The second-order valence-corrected chi connectivity index (χ2v) is 5.80. The van der Waals surface area contributed by atoms with E-state index in [4.69, 9.17) is 0 Å². The quantitative estimate of drug-likeness (QED) is 0.811. The molecule has 1 heterocycles. The van der Waals surface area contributed by atoms with Gasteiger partial charge in [-0.15, -0.1) is 0 Å². The molecule has 2 N–H and O–H groups in total. The maximum atomic E-state index is 11.7. The number of nitrogens with one attached hydrogen (secondary N) is 2. The van der Waals surface area contributed by atoms with Gasteiger partial charge >= 0.3 is 6.03 Å². The zero-order chi connectivity index (χ0) is 16.7. The van der Waals surface area contributed by atoms with Crippen LogP contribution in [0.4, 0.5) is 4.79 Å². The Morgan fingerprint density at radius 3 is 2.55 bits per heavy atom. The topological polar surface area (TPSA) is 94.9 Å². The number of pyridine rings is 1. The van der Waals surface area contributed by atoms with Crippen molar-refractivity contribution in [1.82, 2.24) is 15.6 Å². The summed E-state index contributed by atoms with van der Waals surface area (Å²) in [5.74, 6) is -0.386. The van der Waals surface area contributed by atoms with Crippen molar-refractivity contribution < 1.29 is 9.59 Å². The summed E-state index contributed by atoms with van der Waals surface area (Å²) in [7, 11) is 0. The molecule has 22 heavy (non-hydrogen) atoms. The molecule has 0 atom stereocenters. The molecule has 0 aliphatic rings. The lowest BCUT2D eigenvalue weighted by Gasteiger charge is -2.11. The Labute approximate surface area is 134 Å². The predicted molar refractivity (Wildman–Crippen MR) is 85.7 cm³/mol. The second kappa shape index (κ2) is 8.39. The first-order valence-corrected chi connectivity index (χ1v) is 7.97. The van der Waals surface area contributed by atoms with Crippen LogP contribution in [0.5, 0.6) is 0 Å². The average Bonchev–Trinajstić information content (AvgIpc) is 2.48. The highest BCUT2D eigenvalue weighted by Gasteiger charge is 2.15. The van der Waals surface area contributed by atoms with Crippen LogP contribution in [0.25, 0.3) is 0 Å². The van der Waals surface area contributed by atoms with Gasteiger partial charge in [0.2, 0.25) is 5.91 Å². The number of nitrogens with zero attached hydrogens (tertiary/aromatic N) is 2. The van der Waals surface area contributed by atoms with Crippen LogP contribution in [0.1, 0.15) is 35.7 Å². The number of hydrogen-bond acceptors (Lipinski definition) is 5. The highest BCUT2D eigenvalue weighted by molar-refractivity contribution is 8.00. The average molecular weight is 320 g/mol. The monoisotopic (exact) mass is 320 g/mol. The van der Waals surface area contributed by atoms with Gasteiger partial charge in [0.15, 0.2) is 0 Å². The van der Waals surface area contributed by atoms with Crippen LogP contribution >= 0.6 is 11.8 Å². The summed E-state index contributed by atoms with van der Waals surface area (Å²) >= 11 is 1.16. The fourth-order valence-corrected chi connectivity index (χ4v) is 2.61. The second-order valence-electron chi connectivity index (χ2n) is 4.83. The number of carbonyl (C=O) groups excluding carboxylic acids is 2. The Kier molecular flexibility index (Phi) is 6.86. The highest BCUT2D eigenvalue weighted by atomic mass is 32.2. The molecule has 1 aromatic heterocycles. The summed E-state index contributed by atoms with van der Waals surface area (Å²) in [5, 5.41) is 14.6. The maximum absolute atomic E-state index is 11.7. The molecule has 0 spiro atoms. The fraction of sp³-hybridized carbons (Fsp3) is 0.467. The number of nitriles is 1. The Hall–Kier alpha value is -2.07. The molecule has 118 valence electrons. The zero-order valence-electron chi connectivity index (χ0n) is 13.2. The molecule has 0 saturated carbocycles. The first-order chi connectivity index (χ1) is 10.4. The smallest absolute Gasteiger partial charge is 0.321 e. The molecule has 1 rings (SSSR count). The van der Waals surface area contributed by atoms with Gasteiger partial charge in [-0.25, -0.2) is 9.78 Å². The summed E-state index contributed by atoms with van der Waals surface area (Å²) in [4.78, 5) is 27.5. The van der Waals surface area contributed by atoms with E-state index in [-0.39, 0.29) is 5.75 Å². The third-order valence-corrected chi connectivity index (χ3v) is 4.18. The number of hydrogen-bond donors (Lipinski definition) is 2. The van der Waals surface area contributed by atoms with Crippen LogP contribution in [0.3, 0.4) is 0 Å². The Morgan fingerprint density at radius 2 is 1.95 bits per heavy atom. The number of thioether (sulfide) groups is 1. The van der Waals surface area contributed by atoms with Crippen molar-refractivity contribution in [3.8, 4) is 6.07 Å². The van der Waals surface area contributed by atoms with Gasteiger partial charge in [0.1, 0.15) is 11.1 Å². The minimum absolute atomic E-state index is 0.0309. The number of rotatable bonds is 5. The van der Waals surface area contributed by atoms with Crippen LogP contribution in [0.15, 0.2) is 5.03 Å². The maximum Gasteiger partial charge on any atom is 0.321 e. The molecule has 0 unspecified atom stereocenters. The first kappa shape index (κ1) is 18.0. The molecule has 0 fully saturated rings. The molecule has 0 aromatic carbocycles. The van der Waals surface area contributed by atoms with E-state index in [0.29, 0.717) is 17.1 Å². The molecule has 3 amide bonds. The summed E-state index contributed by atoms with van der Waals surface area (Å²) < 4.78 is 0. The molecule has 0 saturated heterocycles. The number of carbonyl (C=O) groups is 2. The van der Waals surface area contributed by atoms with Gasteiger partial charge in [-0.05, 0) is 38.3 Å². The summed E-state index contributed by atoms with van der Waals surface area (Å²) in [6, 6.07) is 1.63. The molecule has 0 bridgehead atoms. The van der Waals surface area contributed by atoms with Crippen molar-refractivity contribution in [2.24, 2.45) is 0 Å². The standard InChI is InChI=1S/C15H20N4O2S/c1-5-6-17-15(21)19-13(20)8-22-14-12(7-16)10(3)9(2)11(4)18-14/h5-6,8H2,1-4H3,(H2,17,19,20,21). The minimum Gasteiger partial charge on any atom is -0.338 e. The largest absolute Gasteiger partial charge is 0.338 e. The van der Waals surface area contributed by atoms with Crippen molar-refractivity contribution in [1.29, 1.82) is 5.26 Å². The van der Waals surface area contributed by atoms with Gasteiger partial charge in [-0.1, -0.05) is 18.7 Å². The molecule has 0 aliphatic heterocycles. The normalized spacial score (nSPS) is 9.95. The van der Waals surface area contributed by atoms with Crippen molar-refractivity contribution >= 4 is 23.7 Å². The van der Waals surface area contributed by atoms with Gasteiger partial charge in [-0.3, -0.25) is 10.1 Å². The lowest BCUT2D eigenvalue weighted by Crippen LogP contribution is -2.40. The Balaban J connectivity index is 2.71. The molecule has 7 heteroatoms. The summed E-state index contributed by atoms with van der Waals surface area (Å²) in [6.07, 6.45) is 0.799. The van der Waals surface area contributed by atoms with Crippen LogP contribution in [0.2, 0.25) is 0 Å². The van der Waals surface area contributed by atoms with Crippen LogP contribution in [-0.4, -0.2) is 29.2 Å². The molecule has 1 aromatic rings. The molecular weight excluding hydrogens is 300 g/mol. The summed E-state index contributed by atoms with van der Waals surface area (Å²) in [6.45, 7) is 8.09. The van der Waals surface area contributed by atoms with E-state index in [9.17, 15) is 14.9 Å². The van der Waals surface area contributed by atoms with Gasteiger partial charge in [0, 0.05) is 12.2 Å². The van der Waals surface area contributed by atoms with Crippen molar-refractivity contribution in [3.05, 3.63) is 22.4 Å². The van der Waals surface area contributed by atoms with E-state index in [2.05, 4.69) is 21.7 Å². The lowest BCUT2D eigenvalue weighted by molar-refractivity contribution is -0.117. The third-order valence-electron chi connectivity index (χ3n) is 3.20. The van der Waals surface area contributed by atoms with E-state index in [0.717, 1.165) is 35.0 Å². The molecular formula is C15H20N4O2S. The summed E-state index contributed by atoms with van der Waals surface area (Å²) in [5.41, 5.74) is 3.17. The van der Waals surface area contributed by atoms with Gasteiger partial charge in [0.05, 0.1) is 11.3 Å². The Morgan fingerprint density at radius 1 is 1.27 bits per heavy atom. The fourth-order valence-electron chi connectivity index (χ4n) is 1.73. The van der Waals surface area contributed by atoms with E-state index in [1.54, 1.807) is 0 Å². The number of aromatic nitrogens is 1. The highest BCUT2D eigenvalue weighted by Crippen LogP contribution is 2.26. The van der Waals surface area contributed by atoms with Gasteiger partial charge in [0.25, 0.3) is 0 Å². The third kappa shape index (κ3) is 4.74. The lowest BCUT2D eigenvalue weighted by atomic mass is 10.1. The van der Waals surface area contributed by atoms with Crippen molar-refractivity contribution in [3.63, 3.8) is 0 Å². The van der Waals surface area contributed by atoms with E-state index in [1.807, 2.05) is 27.7 Å². The van der Waals surface area contributed by atoms with E-state index >= 15 is 0 Å². The first-order valence-electron chi connectivity index (χ1n) is 6.99. The van der Waals surface area contributed by atoms with Crippen molar-refractivity contribution in [2.45, 2.75) is 39.1 Å². The predicted octanol–water partition coefficient (Wildman–Crippen LogP) is 2.21. The van der Waals surface area contributed by atoms with Gasteiger partial charge in [-0.2, -0.15) is 5.26 Å². The number of aryl methyl sites for hydroxylation is 1. The molecule has 6 nitrogen and oxygen atoms in total. The van der Waals surface area contributed by atoms with Crippen LogP contribution < -0.4 is 10.6 Å². The van der Waals surface area contributed by atoms with Crippen molar-refractivity contribution in [2.75, 3.05) is 12.3 Å². The Bertz CT molecular complexity index is 623. The number of amides is 3. The molecule has 0 aliphatic carbocycles. The zero-order valence-corrected chi connectivity index (χ0v) is 14.1. The number of imide groups is 1. The van der Waals surface area contributed by atoms with E-state index in [1.165, 1.54) is 0 Å². The van der Waals surface area contributed by atoms with Crippen LogP contribution in [0, 0.1) is 32.1 Å². The van der Waals surface area contributed by atoms with E-state index < -0.39 is 11.9 Å². The number of urea groups is 1. The van der Waals surface area contributed by atoms with Gasteiger partial charge < -0.3 is 5.32 Å². The molecule has 0 radical (unpaired) electrons. The SMILES string of the molecule is CCCNC(=O)NC(=O)CSc1nc(C)c(C)c(C)c1C#N. The minimum atomic E-state index is -0.503.